The molecule has 1 amide bonds. The number of hydrogen-bond donors (Lipinski definition) is 1. The van der Waals surface area contributed by atoms with E-state index in [-0.39, 0.29) is 31.1 Å². The van der Waals surface area contributed by atoms with Gasteiger partial charge in [-0.2, -0.15) is 13.2 Å². The van der Waals surface area contributed by atoms with Gasteiger partial charge in [0.2, 0.25) is 5.82 Å². The maximum atomic E-state index is 12.8. The van der Waals surface area contributed by atoms with Gasteiger partial charge < -0.3 is 19.9 Å². The molecular formula is C12H17F3N4O2. The molecule has 0 saturated carbocycles. The first-order valence-electron chi connectivity index (χ1n) is 6.39. The number of nitrogen functional groups attached to an aromatic ring is 1. The van der Waals surface area contributed by atoms with Gasteiger partial charge in [-0.1, -0.05) is 0 Å². The van der Waals surface area contributed by atoms with Crippen molar-refractivity contribution in [2.75, 3.05) is 12.3 Å². The molecule has 1 aliphatic heterocycles. The Morgan fingerprint density at radius 2 is 1.90 bits per heavy atom. The van der Waals surface area contributed by atoms with Crippen molar-refractivity contribution in [3.63, 3.8) is 0 Å². The smallest absolute Gasteiger partial charge is 0.444 e. The van der Waals surface area contributed by atoms with Crippen molar-refractivity contribution in [1.29, 1.82) is 0 Å². The molecule has 6 nitrogen and oxygen atoms in total. The molecule has 21 heavy (non-hydrogen) atoms. The van der Waals surface area contributed by atoms with Crippen molar-refractivity contribution < 1.29 is 22.7 Å². The Hall–Kier alpha value is -1.93. The van der Waals surface area contributed by atoms with Crippen molar-refractivity contribution in [3.05, 3.63) is 11.5 Å². The third-order valence-corrected chi connectivity index (χ3v) is 2.94. The van der Waals surface area contributed by atoms with Crippen LogP contribution < -0.4 is 5.73 Å². The van der Waals surface area contributed by atoms with Crippen molar-refractivity contribution in [2.24, 2.45) is 0 Å². The van der Waals surface area contributed by atoms with Gasteiger partial charge in [0.25, 0.3) is 0 Å². The number of anilines is 1. The van der Waals surface area contributed by atoms with Crippen LogP contribution in [0.5, 0.6) is 0 Å². The Kier molecular flexibility index (Phi) is 3.54. The fourth-order valence-corrected chi connectivity index (χ4v) is 2.09. The quantitative estimate of drug-likeness (QED) is 0.797. The highest BCUT2D eigenvalue weighted by atomic mass is 19.4. The lowest BCUT2D eigenvalue weighted by atomic mass is 10.2. The summed E-state index contributed by atoms with van der Waals surface area (Å²) < 4.78 is 44.7. The minimum absolute atomic E-state index is 0.0202. The third kappa shape index (κ3) is 3.22. The summed E-state index contributed by atoms with van der Waals surface area (Å²) in [6, 6.07) is 0. The summed E-state index contributed by atoms with van der Waals surface area (Å²) in [5.41, 5.74) is 5.05. The third-order valence-electron chi connectivity index (χ3n) is 2.94. The molecule has 118 valence electrons. The zero-order chi connectivity index (χ0) is 16.0. The van der Waals surface area contributed by atoms with Crippen LogP contribution in [0.3, 0.4) is 0 Å². The van der Waals surface area contributed by atoms with Crippen LogP contribution >= 0.6 is 0 Å². The number of ether oxygens (including phenoxy) is 1. The van der Waals surface area contributed by atoms with E-state index in [4.69, 9.17) is 10.5 Å². The van der Waals surface area contributed by atoms with E-state index < -0.39 is 23.7 Å². The molecule has 0 spiro atoms. The predicted octanol–water partition coefficient (Wildman–Crippen LogP) is 2.23. The van der Waals surface area contributed by atoms with Gasteiger partial charge in [0, 0.05) is 13.1 Å². The van der Waals surface area contributed by atoms with E-state index in [2.05, 4.69) is 4.98 Å². The van der Waals surface area contributed by atoms with E-state index in [0.29, 0.717) is 0 Å². The molecule has 1 aromatic rings. The maximum absolute atomic E-state index is 12.8. The number of aromatic nitrogens is 2. The zero-order valence-corrected chi connectivity index (χ0v) is 12.0. The molecule has 2 heterocycles. The largest absolute Gasteiger partial charge is 0.449 e. The second kappa shape index (κ2) is 4.81. The number of alkyl halides is 3. The van der Waals surface area contributed by atoms with Crippen LogP contribution in [0.1, 0.15) is 32.3 Å². The molecule has 0 atom stereocenters. The lowest BCUT2D eigenvalue weighted by molar-refractivity contribution is -0.147. The first kappa shape index (κ1) is 15.5. The number of halogens is 3. The first-order valence-corrected chi connectivity index (χ1v) is 6.39. The Labute approximate surface area is 119 Å². The summed E-state index contributed by atoms with van der Waals surface area (Å²) in [4.78, 5) is 16.6. The lowest BCUT2D eigenvalue weighted by Gasteiger charge is -2.31. The van der Waals surface area contributed by atoms with Gasteiger partial charge in [0.05, 0.1) is 12.2 Å². The number of carbonyl (C=O) groups is 1. The fraction of sp³-hybridized carbons (Fsp3) is 0.667. The monoisotopic (exact) mass is 306 g/mol. The van der Waals surface area contributed by atoms with E-state index in [9.17, 15) is 18.0 Å². The number of carbonyl (C=O) groups excluding carboxylic acids is 1. The van der Waals surface area contributed by atoms with E-state index in [0.717, 1.165) is 4.57 Å². The van der Waals surface area contributed by atoms with Crippen molar-refractivity contribution in [1.82, 2.24) is 14.5 Å². The van der Waals surface area contributed by atoms with Crippen LogP contribution in [0.25, 0.3) is 0 Å². The van der Waals surface area contributed by atoms with Gasteiger partial charge in [0.1, 0.15) is 11.4 Å². The summed E-state index contributed by atoms with van der Waals surface area (Å²) in [6.45, 7) is 5.19. The van der Waals surface area contributed by atoms with Gasteiger partial charge in [-0.3, -0.25) is 0 Å². The molecule has 1 aromatic heterocycles. The van der Waals surface area contributed by atoms with Crippen LogP contribution in [0.2, 0.25) is 0 Å². The second-order valence-electron chi connectivity index (χ2n) is 5.82. The zero-order valence-electron chi connectivity index (χ0n) is 12.0. The Morgan fingerprint density at radius 3 is 2.43 bits per heavy atom. The summed E-state index contributed by atoms with van der Waals surface area (Å²) >= 11 is 0. The van der Waals surface area contributed by atoms with Gasteiger partial charge in [-0.05, 0) is 20.8 Å². The Morgan fingerprint density at radius 1 is 1.29 bits per heavy atom. The van der Waals surface area contributed by atoms with Crippen molar-refractivity contribution in [2.45, 2.75) is 45.6 Å². The molecule has 1 aliphatic rings. The standard InChI is InChI=1S/C12H17F3N4O2/c1-11(2,3)21-10(20)18-4-5-19-7(6-18)8(16)17-9(19)12(13,14)15/h4-6,16H2,1-3H3. The van der Waals surface area contributed by atoms with Crippen LogP contribution in [0, 0.1) is 0 Å². The highest BCUT2D eigenvalue weighted by Gasteiger charge is 2.40. The average molecular weight is 306 g/mol. The van der Waals surface area contributed by atoms with Gasteiger partial charge in [-0.25, -0.2) is 9.78 Å². The average Bonchev–Trinajstić information content (AvgIpc) is 2.64. The maximum Gasteiger partial charge on any atom is 0.449 e. The summed E-state index contributed by atoms with van der Waals surface area (Å²) in [5.74, 6) is -1.24. The molecule has 2 rings (SSSR count). The van der Waals surface area contributed by atoms with Gasteiger partial charge >= 0.3 is 12.3 Å². The molecule has 0 radical (unpaired) electrons. The van der Waals surface area contributed by atoms with Crippen molar-refractivity contribution >= 4 is 11.9 Å². The van der Waals surface area contributed by atoms with E-state index >= 15 is 0 Å². The number of nitrogens with two attached hydrogens (primary N) is 1. The molecule has 2 N–H and O–H groups in total. The van der Waals surface area contributed by atoms with Crippen LogP contribution in [-0.2, 0) is 24.0 Å². The van der Waals surface area contributed by atoms with E-state index in [1.165, 1.54) is 4.90 Å². The van der Waals surface area contributed by atoms with Crippen LogP contribution in [-0.4, -0.2) is 32.7 Å². The predicted molar refractivity (Wildman–Crippen MR) is 68.3 cm³/mol. The Bertz CT molecular complexity index is 560. The van der Waals surface area contributed by atoms with Gasteiger partial charge in [-0.15, -0.1) is 0 Å². The second-order valence-corrected chi connectivity index (χ2v) is 5.82. The summed E-state index contributed by atoms with van der Waals surface area (Å²) in [5, 5.41) is 0. The van der Waals surface area contributed by atoms with Gasteiger partial charge in [0.15, 0.2) is 0 Å². The van der Waals surface area contributed by atoms with E-state index in [1.54, 1.807) is 20.8 Å². The molecule has 0 aromatic carbocycles. The molecule has 0 fully saturated rings. The highest BCUT2D eigenvalue weighted by molar-refractivity contribution is 5.68. The SMILES string of the molecule is CC(C)(C)OC(=O)N1CCn2c(C(F)(F)F)nc(N)c2C1. The molecular weight excluding hydrogens is 289 g/mol. The fourth-order valence-electron chi connectivity index (χ4n) is 2.09. The normalized spacial score (nSPS) is 15.8. The minimum atomic E-state index is -4.57. The molecule has 9 heteroatoms. The molecule has 0 saturated heterocycles. The topological polar surface area (TPSA) is 73.4 Å². The van der Waals surface area contributed by atoms with Crippen molar-refractivity contribution in [3.8, 4) is 0 Å². The number of amides is 1. The van der Waals surface area contributed by atoms with E-state index in [1.807, 2.05) is 0 Å². The number of fused-ring (bicyclic) bond motifs is 1. The summed E-state index contributed by atoms with van der Waals surface area (Å²) in [7, 11) is 0. The number of rotatable bonds is 0. The first-order chi connectivity index (χ1) is 9.49. The van der Waals surface area contributed by atoms with Crippen LogP contribution in [0.15, 0.2) is 0 Å². The number of imidazole rings is 1. The Balaban J connectivity index is 2.22. The summed E-state index contributed by atoms with van der Waals surface area (Å²) in [6.07, 6.45) is -5.15. The minimum Gasteiger partial charge on any atom is -0.444 e. The number of hydrogen-bond acceptors (Lipinski definition) is 4. The number of nitrogens with zero attached hydrogens (tertiary/aromatic N) is 3. The highest BCUT2D eigenvalue weighted by Crippen LogP contribution is 2.33. The molecule has 0 aliphatic carbocycles. The molecule has 0 unspecified atom stereocenters. The molecule has 0 bridgehead atoms. The van der Waals surface area contributed by atoms with Crippen LogP contribution in [0.4, 0.5) is 23.8 Å². The lowest BCUT2D eigenvalue weighted by Crippen LogP contribution is -2.42.